The minimum Gasteiger partial charge on any atom is -0.462 e. The molecule has 0 radical (unpaired) electrons. The molecule has 0 saturated heterocycles. The van der Waals surface area contributed by atoms with Crippen molar-refractivity contribution >= 4 is 5.97 Å². The maximum Gasteiger partial charge on any atom is 0.338 e. The molecule has 0 aliphatic rings. The average Bonchev–Trinajstić information content (AvgIpc) is 2.28. The highest BCUT2D eigenvalue weighted by Gasteiger charge is 2.25. The molecule has 0 amide bonds. The van der Waals surface area contributed by atoms with Gasteiger partial charge in [0.05, 0.1) is 23.3 Å². The number of alkyl halides is 2. The number of halogens is 3. The molecule has 1 aromatic rings. The largest absolute Gasteiger partial charge is 0.462 e. The molecule has 0 aliphatic carbocycles. The fraction of sp³-hybridized carbons (Fsp3) is 0.273. The highest BCUT2D eigenvalue weighted by molar-refractivity contribution is 5.92. The van der Waals surface area contributed by atoms with Gasteiger partial charge in [0.15, 0.2) is 0 Å². The Hall–Kier alpha value is -2.03. The lowest BCUT2D eigenvalue weighted by molar-refractivity contribution is 0.0515. The van der Waals surface area contributed by atoms with E-state index in [0.29, 0.717) is 0 Å². The Morgan fingerprint density at radius 1 is 1.53 bits per heavy atom. The molecule has 1 aromatic carbocycles. The van der Waals surface area contributed by atoms with E-state index in [1.165, 1.54) is 13.0 Å². The van der Waals surface area contributed by atoms with Gasteiger partial charge in [-0.15, -0.1) is 0 Å². The van der Waals surface area contributed by atoms with Crippen LogP contribution in [0.15, 0.2) is 12.1 Å². The Morgan fingerprint density at radius 3 is 2.65 bits per heavy atom. The van der Waals surface area contributed by atoms with Gasteiger partial charge in [0.1, 0.15) is 11.9 Å². The van der Waals surface area contributed by atoms with E-state index in [2.05, 4.69) is 4.74 Å². The van der Waals surface area contributed by atoms with E-state index in [4.69, 9.17) is 5.26 Å². The van der Waals surface area contributed by atoms with E-state index in [1.54, 1.807) is 0 Å². The van der Waals surface area contributed by atoms with Gasteiger partial charge in [-0.3, -0.25) is 0 Å². The summed E-state index contributed by atoms with van der Waals surface area (Å²) in [5.74, 6) is -2.09. The SMILES string of the molecule is CCOC(=O)c1ccc(F)c(C#N)c1C(F)F. The second kappa shape index (κ2) is 5.34. The Labute approximate surface area is 95.4 Å². The number of rotatable bonds is 3. The number of nitriles is 1. The van der Waals surface area contributed by atoms with Crippen LogP contribution in [0, 0.1) is 17.1 Å². The van der Waals surface area contributed by atoms with Crippen LogP contribution < -0.4 is 0 Å². The molecule has 0 aromatic heterocycles. The summed E-state index contributed by atoms with van der Waals surface area (Å²) in [5.41, 5.74) is -2.24. The summed E-state index contributed by atoms with van der Waals surface area (Å²) < 4.78 is 43.1. The van der Waals surface area contributed by atoms with Crippen molar-refractivity contribution in [2.24, 2.45) is 0 Å². The van der Waals surface area contributed by atoms with E-state index < -0.39 is 34.9 Å². The molecular formula is C11H8F3NO2. The van der Waals surface area contributed by atoms with Crippen molar-refractivity contribution in [1.29, 1.82) is 5.26 Å². The minimum atomic E-state index is -3.13. The Bertz CT molecular complexity index is 480. The smallest absolute Gasteiger partial charge is 0.338 e. The van der Waals surface area contributed by atoms with E-state index in [9.17, 15) is 18.0 Å². The number of ether oxygens (including phenoxy) is 1. The normalized spacial score (nSPS) is 10.1. The van der Waals surface area contributed by atoms with Crippen molar-refractivity contribution < 1.29 is 22.7 Å². The Balaban J connectivity index is 3.42. The van der Waals surface area contributed by atoms with Gasteiger partial charge in [-0.25, -0.2) is 18.0 Å². The molecule has 17 heavy (non-hydrogen) atoms. The van der Waals surface area contributed by atoms with Crippen molar-refractivity contribution in [3.05, 3.63) is 34.6 Å². The Kier molecular flexibility index (Phi) is 4.10. The monoisotopic (exact) mass is 243 g/mol. The zero-order valence-electron chi connectivity index (χ0n) is 8.84. The van der Waals surface area contributed by atoms with Crippen LogP contribution in [0.5, 0.6) is 0 Å². The molecule has 0 N–H and O–H groups in total. The van der Waals surface area contributed by atoms with E-state index in [0.717, 1.165) is 12.1 Å². The third-order valence-corrected chi connectivity index (χ3v) is 2.02. The average molecular weight is 243 g/mol. The number of hydrogen-bond donors (Lipinski definition) is 0. The van der Waals surface area contributed by atoms with E-state index in [-0.39, 0.29) is 6.61 Å². The summed E-state index contributed by atoms with van der Waals surface area (Å²) in [6.07, 6.45) is -3.13. The van der Waals surface area contributed by atoms with Gasteiger partial charge in [-0.05, 0) is 19.1 Å². The number of carbonyl (C=O) groups is 1. The van der Waals surface area contributed by atoms with Crippen molar-refractivity contribution in [2.45, 2.75) is 13.3 Å². The predicted octanol–water partition coefficient (Wildman–Crippen LogP) is 2.81. The third-order valence-electron chi connectivity index (χ3n) is 2.02. The lowest BCUT2D eigenvalue weighted by atomic mass is 10.0. The lowest BCUT2D eigenvalue weighted by Gasteiger charge is -2.10. The van der Waals surface area contributed by atoms with Gasteiger partial charge in [0.25, 0.3) is 6.43 Å². The van der Waals surface area contributed by atoms with Crippen LogP contribution in [0.1, 0.15) is 34.8 Å². The summed E-state index contributed by atoms with van der Waals surface area (Å²) in [6.45, 7) is 1.51. The predicted molar refractivity (Wildman–Crippen MR) is 52.0 cm³/mol. The first-order chi connectivity index (χ1) is 8.02. The Morgan fingerprint density at radius 2 is 2.18 bits per heavy atom. The molecule has 0 bridgehead atoms. The molecule has 0 unspecified atom stereocenters. The quantitative estimate of drug-likeness (QED) is 0.767. The molecule has 90 valence electrons. The van der Waals surface area contributed by atoms with Gasteiger partial charge >= 0.3 is 5.97 Å². The van der Waals surface area contributed by atoms with Crippen LogP contribution in [-0.2, 0) is 4.74 Å². The van der Waals surface area contributed by atoms with Crippen LogP contribution >= 0.6 is 0 Å². The highest BCUT2D eigenvalue weighted by atomic mass is 19.3. The highest BCUT2D eigenvalue weighted by Crippen LogP contribution is 2.28. The van der Waals surface area contributed by atoms with Crippen molar-refractivity contribution in [1.82, 2.24) is 0 Å². The van der Waals surface area contributed by atoms with Gasteiger partial charge < -0.3 is 4.74 Å². The van der Waals surface area contributed by atoms with Gasteiger partial charge in [0, 0.05) is 0 Å². The molecule has 0 aliphatic heterocycles. The zero-order valence-corrected chi connectivity index (χ0v) is 8.84. The molecule has 0 heterocycles. The maximum absolute atomic E-state index is 13.1. The fourth-order valence-corrected chi connectivity index (χ4v) is 1.32. The van der Waals surface area contributed by atoms with Crippen molar-refractivity contribution in [3.63, 3.8) is 0 Å². The zero-order chi connectivity index (χ0) is 13.0. The number of hydrogen-bond acceptors (Lipinski definition) is 3. The number of carbonyl (C=O) groups excluding carboxylic acids is 1. The van der Waals surface area contributed by atoms with Crippen LogP contribution in [-0.4, -0.2) is 12.6 Å². The van der Waals surface area contributed by atoms with Crippen LogP contribution in [0.3, 0.4) is 0 Å². The van der Waals surface area contributed by atoms with E-state index in [1.807, 2.05) is 0 Å². The van der Waals surface area contributed by atoms with Crippen LogP contribution in [0.4, 0.5) is 13.2 Å². The van der Waals surface area contributed by atoms with Crippen molar-refractivity contribution in [2.75, 3.05) is 6.61 Å². The topological polar surface area (TPSA) is 50.1 Å². The number of benzene rings is 1. The summed E-state index contributed by atoms with van der Waals surface area (Å²) in [7, 11) is 0. The van der Waals surface area contributed by atoms with Gasteiger partial charge in [-0.1, -0.05) is 0 Å². The molecule has 1 rings (SSSR count). The summed E-state index contributed by atoms with van der Waals surface area (Å²) in [6, 6.07) is 2.99. The second-order valence-corrected chi connectivity index (χ2v) is 3.02. The molecule has 0 saturated carbocycles. The molecular weight excluding hydrogens is 235 g/mol. The number of nitrogens with zero attached hydrogens (tertiary/aromatic N) is 1. The van der Waals surface area contributed by atoms with Crippen molar-refractivity contribution in [3.8, 4) is 6.07 Å². The molecule has 0 spiro atoms. The molecule has 0 atom stereocenters. The second-order valence-electron chi connectivity index (χ2n) is 3.02. The summed E-state index contributed by atoms with van der Waals surface area (Å²) in [5, 5.41) is 8.61. The minimum absolute atomic E-state index is 0.000769. The van der Waals surface area contributed by atoms with Crippen LogP contribution in [0.2, 0.25) is 0 Å². The maximum atomic E-state index is 13.1. The summed E-state index contributed by atoms with van der Waals surface area (Å²) in [4.78, 5) is 11.4. The van der Waals surface area contributed by atoms with E-state index >= 15 is 0 Å². The van der Waals surface area contributed by atoms with Gasteiger partial charge in [0.2, 0.25) is 0 Å². The molecule has 0 fully saturated rings. The first-order valence-electron chi connectivity index (χ1n) is 4.70. The summed E-state index contributed by atoms with van der Waals surface area (Å²) >= 11 is 0. The first kappa shape index (κ1) is 13.0. The molecule has 3 nitrogen and oxygen atoms in total. The fourth-order valence-electron chi connectivity index (χ4n) is 1.32. The molecule has 6 heteroatoms. The third kappa shape index (κ3) is 2.56. The van der Waals surface area contributed by atoms with Gasteiger partial charge in [-0.2, -0.15) is 5.26 Å². The first-order valence-corrected chi connectivity index (χ1v) is 4.70. The number of esters is 1. The van der Waals surface area contributed by atoms with Crippen LogP contribution in [0.25, 0.3) is 0 Å². The standard InChI is InChI=1S/C11H8F3NO2/c1-2-17-11(16)6-3-4-8(12)7(5-15)9(6)10(13)14/h3-4,10H,2H2,1H3. The lowest BCUT2D eigenvalue weighted by Crippen LogP contribution is -2.11.